The number of rotatable bonds is 2. The summed E-state index contributed by atoms with van der Waals surface area (Å²) >= 11 is 5.11. The van der Waals surface area contributed by atoms with Crippen molar-refractivity contribution in [2.24, 2.45) is 0 Å². The number of nitrogens with zero attached hydrogens (tertiary/aromatic N) is 1. The van der Waals surface area contributed by atoms with E-state index in [0.29, 0.717) is 20.3 Å². The van der Waals surface area contributed by atoms with Crippen molar-refractivity contribution in [1.29, 1.82) is 0 Å². The number of hydrogen-bond acceptors (Lipinski definition) is 1. The van der Waals surface area contributed by atoms with Gasteiger partial charge in [0.1, 0.15) is 0 Å². The second-order valence-corrected chi connectivity index (χ2v) is 4.19. The minimum absolute atomic E-state index is 0.0718. The van der Waals surface area contributed by atoms with E-state index in [1.165, 1.54) is 6.07 Å². The van der Waals surface area contributed by atoms with Crippen molar-refractivity contribution in [2.45, 2.75) is 18.7 Å². The summed E-state index contributed by atoms with van der Waals surface area (Å²) in [6.45, 7) is 1.72. The Morgan fingerprint density at radius 2 is 2.23 bits per heavy atom. The maximum Gasteiger partial charge on any atom is 0.265 e. The molecule has 0 spiro atoms. The first-order chi connectivity index (χ1) is 6.06. The van der Waals surface area contributed by atoms with Gasteiger partial charge in [-0.1, -0.05) is 15.9 Å². The Bertz CT molecular complexity index is 317. The number of halogens is 4. The molecule has 1 heterocycles. The first-order valence-corrected chi connectivity index (χ1v) is 5.76. The smallest absolute Gasteiger partial charge is 0.256 e. The molecule has 0 bridgehead atoms. The molecule has 1 aromatic heterocycles. The molecule has 0 aromatic carbocycles. The summed E-state index contributed by atoms with van der Waals surface area (Å²) in [5, 5.41) is 0.507. The van der Waals surface area contributed by atoms with E-state index in [9.17, 15) is 8.78 Å². The summed E-state index contributed by atoms with van der Waals surface area (Å²) in [5.74, 6) is 0. The third-order valence-corrected chi connectivity index (χ3v) is 3.32. The zero-order valence-electron chi connectivity index (χ0n) is 6.82. The molecule has 0 fully saturated rings. The average molecular weight is 362 g/mol. The second-order valence-electron chi connectivity index (χ2n) is 2.55. The van der Waals surface area contributed by atoms with Crippen LogP contribution in [-0.2, 0) is 5.33 Å². The molecule has 0 atom stereocenters. The van der Waals surface area contributed by atoms with Gasteiger partial charge in [-0.05, 0) is 35.6 Å². The minimum atomic E-state index is -2.42. The predicted molar refractivity (Wildman–Crippen MR) is 59.3 cm³/mol. The zero-order chi connectivity index (χ0) is 10.0. The predicted octanol–water partition coefficient (Wildman–Crippen LogP) is 3.83. The van der Waals surface area contributed by atoms with Gasteiger partial charge in [-0.3, -0.25) is 4.98 Å². The summed E-state index contributed by atoms with van der Waals surface area (Å²) in [4.78, 5) is 4.15. The van der Waals surface area contributed by atoms with Crippen molar-refractivity contribution in [3.05, 3.63) is 26.6 Å². The van der Waals surface area contributed by atoms with Crippen LogP contribution in [0.25, 0.3) is 0 Å². The third kappa shape index (κ3) is 2.59. The quantitative estimate of drug-likeness (QED) is 0.576. The van der Waals surface area contributed by atoms with E-state index < -0.39 is 6.43 Å². The maximum absolute atomic E-state index is 12.5. The van der Waals surface area contributed by atoms with Crippen molar-refractivity contribution in [3.63, 3.8) is 0 Å². The molecule has 0 saturated heterocycles. The van der Waals surface area contributed by atoms with Gasteiger partial charge in [0.15, 0.2) is 0 Å². The van der Waals surface area contributed by atoms with Gasteiger partial charge in [0.2, 0.25) is 0 Å². The molecule has 13 heavy (non-hydrogen) atoms. The lowest BCUT2D eigenvalue weighted by molar-refractivity contribution is 0.150. The molecule has 0 radical (unpaired) electrons. The number of pyridine rings is 1. The Kier molecular flexibility index (Phi) is 4.03. The molecule has 5 heteroatoms. The summed E-state index contributed by atoms with van der Waals surface area (Å²) in [5.41, 5.74) is 1.38. The van der Waals surface area contributed by atoms with Crippen molar-refractivity contribution in [2.75, 3.05) is 0 Å². The lowest BCUT2D eigenvalue weighted by Gasteiger charge is -2.07. The van der Waals surface area contributed by atoms with Crippen LogP contribution in [0, 0.1) is 10.5 Å². The van der Waals surface area contributed by atoms with Crippen LogP contribution < -0.4 is 0 Å². The molecular weight excluding hydrogens is 355 g/mol. The lowest BCUT2D eigenvalue weighted by Crippen LogP contribution is -1.99. The van der Waals surface area contributed by atoms with Crippen LogP contribution in [0.1, 0.15) is 23.4 Å². The molecule has 0 aliphatic carbocycles. The SMILES string of the molecule is Cc1cc(C(F)F)c(I)c(CBr)n1. The summed E-state index contributed by atoms with van der Waals surface area (Å²) in [6, 6.07) is 1.43. The van der Waals surface area contributed by atoms with Crippen LogP contribution in [0.5, 0.6) is 0 Å². The average Bonchev–Trinajstić information content (AvgIpc) is 2.08. The fourth-order valence-corrected chi connectivity index (χ4v) is 2.63. The van der Waals surface area contributed by atoms with Crippen LogP contribution in [0.2, 0.25) is 0 Å². The topological polar surface area (TPSA) is 12.9 Å². The molecule has 0 N–H and O–H groups in total. The van der Waals surface area contributed by atoms with Gasteiger partial charge in [-0.15, -0.1) is 0 Å². The van der Waals surface area contributed by atoms with Gasteiger partial charge in [0.25, 0.3) is 6.43 Å². The highest BCUT2D eigenvalue weighted by Crippen LogP contribution is 2.27. The highest BCUT2D eigenvalue weighted by atomic mass is 127. The second kappa shape index (κ2) is 4.63. The monoisotopic (exact) mass is 361 g/mol. The summed E-state index contributed by atoms with van der Waals surface area (Å²) in [6.07, 6.45) is -2.42. The zero-order valence-corrected chi connectivity index (χ0v) is 10.6. The van der Waals surface area contributed by atoms with E-state index in [1.54, 1.807) is 6.92 Å². The molecule has 0 amide bonds. The Balaban J connectivity index is 3.27. The van der Waals surface area contributed by atoms with E-state index in [0.717, 1.165) is 0 Å². The van der Waals surface area contributed by atoms with E-state index >= 15 is 0 Å². The Labute approximate surface area is 97.2 Å². The Morgan fingerprint density at radius 3 is 2.69 bits per heavy atom. The number of aromatic nitrogens is 1. The highest BCUT2D eigenvalue weighted by molar-refractivity contribution is 14.1. The first kappa shape index (κ1) is 11.3. The minimum Gasteiger partial charge on any atom is -0.256 e. The van der Waals surface area contributed by atoms with Crippen LogP contribution in [0.3, 0.4) is 0 Å². The van der Waals surface area contributed by atoms with Gasteiger partial charge in [0.05, 0.1) is 5.69 Å². The van der Waals surface area contributed by atoms with E-state index in [2.05, 4.69) is 20.9 Å². The van der Waals surface area contributed by atoms with E-state index in [4.69, 9.17) is 0 Å². The number of hydrogen-bond donors (Lipinski definition) is 0. The van der Waals surface area contributed by atoms with Crippen molar-refractivity contribution in [1.82, 2.24) is 4.98 Å². The van der Waals surface area contributed by atoms with Gasteiger partial charge in [-0.25, -0.2) is 8.78 Å². The van der Waals surface area contributed by atoms with E-state index in [1.807, 2.05) is 22.6 Å². The number of alkyl halides is 3. The van der Waals surface area contributed by atoms with Gasteiger partial charge in [-0.2, -0.15) is 0 Å². The van der Waals surface area contributed by atoms with Crippen LogP contribution in [0.15, 0.2) is 6.07 Å². The van der Waals surface area contributed by atoms with Crippen molar-refractivity contribution < 1.29 is 8.78 Å². The molecule has 0 aliphatic heterocycles. The molecule has 1 rings (SSSR count). The molecule has 0 unspecified atom stereocenters. The Morgan fingerprint density at radius 1 is 1.62 bits per heavy atom. The number of aryl methyl sites for hydroxylation is 1. The largest absolute Gasteiger partial charge is 0.265 e. The van der Waals surface area contributed by atoms with Crippen LogP contribution in [-0.4, -0.2) is 4.98 Å². The first-order valence-electron chi connectivity index (χ1n) is 3.56. The fourth-order valence-electron chi connectivity index (χ4n) is 0.997. The standard InChI is InChI=1S/C8H7BrF2IN/c1-4-2-5(8(10)11)7(12)6(3-9)13-4/h2,8H,3H2,1H3. The maximum atomic E-state index is 12.5. The Hall–Kier alpha value is 0.220. The van der Waals surface area contributed by atoms with Crippen LogP contribution in [0.4, 0.5) is 8.78 Å². The molecule has 72 valence electrons. The third-order valence-electron chi connectivity index (χ3n) is 1.54. The molecular formula is C8H7BrF2IN. The normalized spacial score (nSPS) is 10.9. The van der Waals surface area contributed by atoms with E-state index in [-0.39, 0.29) is 5.56 Å². The summed E-state index contributed by atoms with van der Waals surface area (Å²) in [7, 11) is 0. The lowest BCUT2D eigenvalue weighted by atomic mass is 10.2. The van der Waals surface area contributed by atoms with Gasteiger partial charge in [0, 0.05) is 20.2 Å². The van der Waals surface area contributed by atoms with Crippen LogP contribution >= 0.6 is 38.5 Å². The van der Waals surface area contributed by atoms with Gasteiger partial charge < -0.3 is 0 Å². The highest BCUT2D eigenvalue weighted by Gasteiger charge is 2.15. The fraction of sp³-hybridized carbons (Fsp3) is 0.375. The van der Waals surface area contributed by atoms with Crippen molar-refractivity contribution in [3.8, 4) is 0 Å². The molecule has 1 aromatic rings. The van der Waals surface area contributed by atoms with Crippen molar-refractivity contribution >= 4 is 38.5 Å². The molecule has 0 saturated carbocycles. The molecule has 1 nitrogen and oxygen atoms in total. The van der Waals surface area contributed by atoms with Gasteiger partial charge >= 0.3 is 0 Å². The summed E-state index contributed by atoms with van der Waals surface area (Å²) < 4.78 is 25.5. The molecule has 0 aliphatic rings.